The van der Waals surface area contributed by atoms with Gasteiger partial charge in [0, 0.05) is 4.47 Å². The Kier molecular flexibility index (Phi) is 8.85. The maximum atomic E-state index is 5.93. The van der Waals surface area contributed by atoms with E-state index in [0.29, 0.717) is 6.61 Å². The molecule has 0 amide bonds. The lowest BCUT2D eigenvalue weighted by molar-refractivity contribution is -0.904. The van der Waals surface area contributed by atoms with E-state index in [-0.39, 0.29) is 17.0 Å². The zero-order valence-corrected chi connectivity index (χ0v) is 20.5. The van der Waals surface area contributed by atoms with Crippen LogP contribution >= 0.6 is 63.7 Å². The van der Waals surface area contributed by atoms with Gasteiger partial charge in [-0.1, -0.05) is 15.9 Å². The van der Waals surface area contributed by atoms with Gasteiger partial charge in [0.15, 0.2) is 10.4 Å². The van der Waals surface area contributed by atoms with Crippen LogP contribution in [0.5, 0.6) is 5.75 Å². The van der Waals surface area contributed by atoms with Crippen molar-refractivity contribution in [1.29, 1.82) is 0 Å². The largest absolute Gasteiger partial charge is 1.00 e. The minimum Gasteiger partial charge on any atom is -1.00 e. The summed E-state index contributed by atoms with van der Waals surface area (Å²) in [6.07, 6.45) is 0. The van der Waals surface area contributed by atoms with Crippen LogP contribution in [0.1, 0.15) is 5.76 Å². The van der Waals surface area contributed by atoms with Gasteiger partial charge in [0.25, 0.3) is 0 Å². The molecule has 1 aromatic heterocycles. The number of hydrogen-bond acceptors (Lipinski definition) is 2. The number of halogens is 5. The molecule has 0 saturated heterocycles. The molecule has 128 valence electrons. The van der Waals surface area contributed by atoms with Crippen molar-refractivity contribution < 1.29 is 30.6 Å². The van der Waals surface area contributed by atoms with E-state index in [1.807, 2.05) is 24.3 Å². The van der Waals surface area contributed by atoms with E-state index in [4.69, 9.17) is 9.15 Å². The van der Waals surface area contributed by atoms with Crippen LogP contribution in [-0.2, 0) is 6.54 Å². The Morgan fingerprint density at radius 1 is 1.04 bits per heavy atom. The van der Waals surface area contributed by atoms with Crippen LogP contribution in [0.2, 0.25) is 0 Å². The summed E-state index contributed by atoms with van der Waals surface area (Å²) < 4.78 is 15.9. The van der Waals surface area contributed by atoms with Gasteiger partial charge in [0.2, 0.25) is 0 Å². The van der Waals surface area contributed by atoms with Crippen molar-refractivity contribution in [1.82, 2.24) is 0 Å². The van der Waals surface area contributed by atoms with Gasteiger partial charge in [0.1, 0.15) is 25.4 Å². The maximum absolute atomic E-state index is 5.93. The number of hydrogen-bond donors (Lipinski definition) is 0. The van der Waals surface area contributed by atoms with Gasteiger partial charge in [-0.2, -0.15) is 0 Å². The maximum Gasteiger partial charge on any atom is 0.169 e. The third-order valence-electron chi connectivity index (χ3n) is 3.12. The fraction of sp³-hybridized carbons (Fsp3) is 0.333. The molecule has 1 aromatic carbocycles. The Bertz CT molecular complexity index is 634. The summed E-state index contributed by atoms with van der Waals surface area (Å²) in [5.41, 5.74) is 0. The molecular formula is C15H16Br5NO2. The van der Waals surface area contributed by atoms with Crippen LogP contribution in [0.4, 0.5) is 0 Å². The van der Waals surface area contributed by atoms with E-state index in [0.717, 1.165) is 47.2 Å². The highest BCUT2D eigenvalue weighted by Crippen LogP contribution is 2.36. The van der Waals surface area contributed by atoms with Crippen molar-refractivity contribution in [2.75, 3.05) is 27.2 Å². The van der Waals surface area contributed by atoms with Crippen molar-refractivity contribution in [2.45, 2.75) is 6.54 Å². The van der Waals surface area contributed by atoms with Gasteiger partial charge in [0.05, 0.1) is 23.0 Å². The quantitative estimate of drug-likeness (QED) is 0.453. The average Bonchev–Trinajstić information content (AvgIpc) is 2.77. The fourth-order valence-electron chi connectivity index (χ4n) is 2.00. The lowest BCUT2D eigenvalue weighted by Gasteiger charge is -2.28. The van der Waals surface area contributed by atoms with Gasteiger partial charge in [-0.15, -0.1) is 0 Å². The molecule has 0 aliphatic rings. The van der Waals surface area contributed by atoms with Crippen molar-refractivity contribution >= 4 is 63.7 Å². The van der Waals surface area contributed by atoms with E-state index >= 15 is 0 Å². The number of quaternary nitrogens is 1. The summed E-state index contributed by atoms with van der Waals surface area (Å²) in [4.78, 5) is 0. The minimum atomic E-state index is 0. The first kappa shape index (κ1) is 21.7. The Balaban J connectivity index is 0.00000264. The molecule has 0 aliphatic carbocycles. The molecule has 23 heavy (non-hydrogen) atoms. The Hall–Kier alpha value is 0.660. The second kappa shape index (κ2) is 9.38. The monoisotopic (exact) mass is 637 g/mol. The SMILES string of the molecule is C[N+](C)(CCOc1c(Br)cc(Br)cc1Br)Cc1ccc(Br)o1.[Br-]. The molecule has 0 saturated carbocycles. The highest BCUT2D eigenvalue weighted by atomic mass is 79.9. The van der Waals surface area contributed by atoms with E-state index in [9.17, 15) is 0 Å². The van der Waals surface area contributed by atoms with Gasteiger partial charge >= 0.3 is 0 Å². The lowest BCUT2D eigenvalue weighted by Crippen LogP contribution is -3.00. The van der Waals surface area contributed by atoms with Crippen LogP contribution in [0.25, 0.3) is 0 Å². The first-order valence-corrected chi connectivity index (χ1v) is 9.77. The second-order valence-corrected chi connectivity index (χ2v) is 8.98. The number of ether oxygens (including phenoxy) is 1. The van der Waals surface area contributed by atoms with E-state index in [2.05, 4.69) is 77.8 Å². The number of likely N-dealkylation sites (N-methyl/N-ethyl adjacent to an activating group) is 1. The minimum absolute atomic E-state index is 0. The predicted molar refractivity (Wildman–Crippen MR) is 102 cm³/mol. The third-order valence-corrected chi connectivity index (χ3v) is 5.18. The average molecular weight is 642 g/mol. The van der Waals surface area contributed by atoms with E-state index in [1.54, 1.807) is 0 Å². The molecule has 8 heteroatoms. The molecule has 0 aliphatic heterocycles. The molecule has 2 aromatic rings. The van der Waals surface area contributed by atoms with Crippen LogP contribution < -0.4 is 21.7 Å². The first-order chi connectivity index (χ1) is 10.3. The van der Waals surface area contributed by atoms with Crippen molar-refractivity contribution in [3.05, 3.63) is 48.1 Å². The van der Waals surface area contributed by atoms with Gasteiger partial charge in [-0.05, 0) is 72.1 Å². The van der Waals surface area contributed by atoms with Crippen molar-refractivity contribution in [2.24, 2.45) is 0 Å². The Morgan fingerprint density at radius 3 is 2.17 bits per heavy atom. The second-order valence-electron chi connectivity index (χ2n) is 5.57. The summed E-state index contributed by atoms with van der Waals surface area (Å²) in [5, 5.41) is 0. The third kappa shape index (κ3) is 6.82. The summed E-state index contributed by atoms with van der Waals surface area (Å²) in [5.74, 6) is 1.78. The van der Waals surface area contributed by atoms with Crippen LogP contribution in [0.3, 0.4) is 0 Å². The molecule has 0 fully saturated rings. The van der Waals surface area contributed by atoms with Crippen molar-refractivity contribution in [3.8, 4) is 5.75 Å². The number of nitrogens with zero attached hydrogens (tertiary/aromatic N) is 1. The Morgan fingerprint density at radius 2 is 1.65 bits per heavy atom. The van der Waals surface area contributed by atoms with Crippen LogP contribution in [0.15, 0.2) is 46.8 Å². The summed E-state index contributed by atoms with van der Waals surface area (Å²) in [6, 6.07) is 7.86. The molecule has 0 spiro atoms. The first-order valence-electron chi connectivity index (χ1n) is 6.60. The fourth-order valence-corrected chi connectivity index (χ4v) is 4.83. The number of benzene rings is 1. The van der Waals surface area contributed by atoms with Crippen LogP contribution in [-0.4, -0.2) is 31.7 Å². The lowest BCUT2D eigenvalue weighted by atomic mass is 10.3. The van der Waals surface area contributed by atoms with E-state index < -0.39 is 0 Å². The highest BCUT2D eigenvalue weighted by molar-refractivity contribution is 9.11. The summed E-state index contributed by atoms with van der Waals surface area (Å²) in [7, 11) is 4.32. The highest BCUT2D eigenvalue weighted by Gasteiger charge is 2.19. The molecule has 0 bridgehead atoms. The molecule has 0 unspecified atom stereocenters. The van der Waals surface area contributed by atoms with Crippen LogP contribution in [0, 0.1) is 0 Å². The van der Waals surface area contributed by atoms with Gasteiger partial charge < -0.3 is 30.6 Å². The molecule has 2 rings (SSSR count). The molecular weight excluding hydrogens is 626 g/mol. The molecule has 1 heterocycles. The van der Waals surface area contributed by atoms with Gasteiger partial charge in [-0.3, -0.25) is 0 Å². The molecule has 0 radical (unpaired) electrons. The standard InChI is InChI=1S/C15H16Br4NO2.BrH/c1-20(2,9-11-3-4-14(19)22-11)5-6-21-15-12(17)7-10(16)8-13(15)18;/h3-4,7-8H,5-6,9H2,1-2H3;1H/q+1;/p-1. The number of rotatable bonds is 6. The van der Waals surface area contributed by atoms with Gasteiger partial charge in [-0.25, -0.2) is 0 Å². The summed E-state index contributed by atoms with van der Waals surface area (Å²) in [6.45, 7) is 2.30. The topological polar surface area (TPSA) is 22.4 Å². The smallest absolute Gasteiger partial charge is 0.169 e. The zero-order chi connectivity index (χ0) is 16.3. The van der Waals surface area contributed by atoms with Crippen molar-refractivity contribution in [3.63, 3.8) is 0 Å². The van der Waals surface area contributed by atoms with E-state index in [1.165, 1.54) is 0 Å². The normalized spacial score (nSPS) is 11.2. The number of furan rings is 1. The molecule has 3 nitrogen and oxygen atoms in total. The Labute approximate surface area is 180 Å². The predicted octanol–water partition coefficient (Wildman–Crippen LogP) is 2.99. The molecule has 0 N–H and O–H groups in total. The molecule has 0 atom stereocenters. The zero-order valence-electron chi connectivity index (χ0n) is 12.6. The summed E-state index contributed by atoms with van der Waals surface area (Å²) >= 11 is 13.8.